The summed E-state index contributed by atoms with van der Waals surface area (Å²) in [5, 5.41) is -0.231. The molecule has 1 unspecified atom stereocenters. The van der Waals surface area contributed by atoms with Crippen LogP contribution in [0.15, 0.2) is 42.5 Å². The molecule has 0 radical (unpaired) electrons. The standard InChI is InChI=1S/C17H16ClFN2/c1-11-4-3-5-13(8-11)10-21-16-9-14(19)6-7-15(16)20-17(21)12(2)18/h3-9,12H,10H2,1-2H3. The van der Waals surface area contributed by atoms with Crippen LogP contribution in [0.1, 0.15) is 29.3 Å². The van der Waals surface area contributed by atoms with Crippen LogP contribution in [0.5, 0.6) is 0 Å². The normalized spacial score (nSPS) is 12.8. The first kappa shape index (κ1) is 14.1. The van der Waals surface area contributed by atoms with Crippen molar-refractivity contribution in [2.45, 2.75) is 25.8 Å². The zero-order valence-corrected chi connectivity index (χ0v) is 12.7. The Hall–Kier alpha value is -1.87. The molecule has 3 rings (SSSR count). The number of aromatic nitrogens is 2. The predicted octanol–water partition coefficient (Wildman–Crippen LogP) is 4.83. The summed E-state index contributed by atoms with van der Waals surface area (Å²) in [6.07, 6.45) is 0. The van der Waals surface area contributed by atoms with Gasteiger partial charge in [-0.25, -0.2) is 9.37 Å². The molecule has 0 amide bonds. The zero-order chi connectivity index (χ0) is 15.0. The molecule has 2 nitrogen and oxygen atoms in total. The number of benzene rings is 2. The third kappa shape index (κ3) is 2.79. The summed E-state index contributed by atoms with van der Waals surface area (Å²) in [6, 6.07) is 12.9. The quantitative estimate of drug-likeness (QED) is 0.634. The van der Waals surface area contributed by atoms with Gasteiger partial charge < -0.3 is 4.57 Å². The fraction of sp³-hybridized carbons (Fsp3) is 0.235. The van der Waals surface area contributed by atoms with Crippen molar-refractivity contribution >= 4 is 22.6 Å². The molecule has 0 bridgehead atoms. The fourth-order valence-electron chi connectivity index (χ4n) is 2.58. The van der Waals surface area contributed by atoms with Crippen molar-refractivity contribution in [3.05, 3.63) is 65.2 Å². The second-order valence-electron chi connectivity index (χ2n) is 5.29. The van der Waals surface area contributed by atoms with E-state index in [1.165, 1.54) is 17.7 Å². The van der Waals surface area contributed by atoms with E-state index >= 15 is 0 Å². The predicted molar refractivity (Wildman–Crippen MR) is 84.2 cm³/mol. The number of hydrogen-bond acceptors (Lipinski definition) is 1. The van der Waals surface area contributed by atoms with Crippen LogP contribution >= 0.6 is 11.6 Å². The molecule has 1 aromatic heterocycles. The summed E-state index contributed by atoms with van der Waals surface area (Å²) in [5.74, 6) is 0.500. The van der Waals surface area contributed by atoms with Crippen LogP contribution in [0.2, 0.25) is 0 Å². The summed E-state index contributed by atoms with van der Waals surface area (Å²) in [5.41, 5.74) is 3.89. The third-order valence-electron chi connectivity index (χ3n) is 3.52. The van der Waals surface area contributed by atoms with Crippen LogP contribution in [0.25, 0.3) is 11.0 Å². The second kappa shape index (κ2) is 5.49. The topological polar surface area (TPSA) is 17.8 Å². The van der Waals surface area contributed by atoms with Crippen LogP contribution in [-0.4, -0.2) is 9.55 Å². The van der Waals surface area contributed by atoms with Gasteiger partial charge >= 0.3 is 0 Å². The SMILES string of the molecule is Cc1cccc(Cn2c(C(C)Cl)nc3ccc(F)cc32)c1. The lowest BCUT2D eigenvalue weighted by Crippen LogP contribution is -2.06. The smallest absolute Gasteiger partial charge is 0.128 e. The molecule has 2 aromatic carbocycles. The first-order chi connectivity index (χ1) is 10.0. The van der Waals surface area contributed by atoms with E-state index in [1.54, 1.807) is 6.07 Å². The Balaban J connectivity index is 2.14. The molecule has 4 heteroatoms. The highest BCUT2D eigenvalue weighted by molar-refractivity contribution is 6.20. The minimum atomic E-state index is -0.262. The first-order valence-electron chi connectivity index (χ1n) is 6.90. The number of rotatable bonds is 3. The molecule has 1 heterocycles. The van der Waals surface area contributed by atoms with E-state index in [0.29, 0.717) is 6.54 Å². The largest absolute Gasteiger partial charge is 0.322 e. The minimum absolute atomic E-state index is 0.231. The molecule has 0 saturated carbocycles. The highest BCUT2D eigenvalue weighted by atomic mass is 35.5. The molecule has 0 saturated heterocycles. The Labute approximate surface area is 128 Å². The lowest BCUT2D eigenvalue weighted by atomic mass is 10.1. The Bertz CT molecular complexity index is 793. The van der Waals surface area contributed by atoms with Gasteiger partial charge in [-0.2, -0.15) is 0 Å². The summed E-state index contributed by atoms with van der Waals surface area (Å²) in [7, 11) is 0. The van der Waals surface area contributed by atoms with Gasteiger partial charge in [0.05, 0.1) is 16.4 Å². The number of halogens is 2. The van der Waals surface area contributed by atoms with Gasteiger partial charge in [0, 0.05) is 6.54 Å². The molecule has 0 fully saturated rings. The molecule has 0 aliphatic rings. The van der Waals surface area contributed by atoms with Crippen molar-refractivity contribution in [2.75, 3.05) is 0 Å². The first-order valence-corrected chi connectivity index (χ1v) is 7.33. The lowest BCUT2D eigenvalue weighted by Gasteiger charge is -2.11. The van der Waals surface area contributed by atoms with Crippen molar-refractivity contribution in [2.24, 2.45) is 0 Å². The van der Waals surface area contributed by atoms with E-state index in [0.717, 1.165) is 22.4 Å². The lowest BCUT2D eigenvalue weighted by molar-refractivity contribution is 0.628. The third-order valence-corrected chi connectivity index (χ3v) is 3.71. The maximum atomic E-state index is 13.6. The number of hydrogen-bond donors (Lipinski definition) is 0. The van der Waals surface area contributed by atoms with E-state index in [4.69, 9.17) is 11.6 Å². The van der Waals surface area contributed by atoms with Gasteiger partial charge in [0.15, 0.2) is 0 Å². The number of fused-ring (bicyclic) bond motifs is 1. The highest BCUT2D eigenvalue weighted by Gasteiger charge is 2.15. The Morgan fingerprint density at radius 3 is 2.76 bits per heavy atom. The molecule has 3 aromatic rings. The molecule has 0 N–H and O–H groups in total. The van der Waals surface area contributed by atoms with E-state index in [2.05, 4.69) is 30.1 Å². The number of imidazole rings is 1. The molecule has 21 heavy (non-hydrogen) atoms. The zero-order valence-electron chi connectivity index (χ0n) is 12.0. The van der Waals surface area contributed by atoms with Gasteiger partial charge in [-0.05, 0) is 37.6 Å². The Kier molecular flexibility index (Phi) is 3.68. The number of aryl methyl sites for hydroxylation is 1. The van der Waals surface area contributed by atoms with Gasteiger partial charge in [0.2, 0.25) is 0 Å². The average molecular weight is 303 g/mol. The van der Waals surface area contributed by atoms with E-state index in [-0.39, 0.29) is 11.2 Å². The van der Waals surface area contributed by atoms with Crippen molar-refractivity contribution in [1.82, 2.24) is 9.55 Å². The highest BCUT2D eigenvalue weighted by Crippen LogP contribution is 2.26. The molecule has 0 aliphatic carbocycles. The van der Waals surface area contributed by atoms with Crippen LogP contribution in [-0.2, 0) is 6.54 Å². The van der Waals surface area contributed by atoms with Crippen molar-refractivity contribution in [1.29, 1.82) is 0 Å². The molecule has 0 aliphatic heterocycles. The van der Waals surface area contributed by atoms with Gasteiger partial charge in [0.1, 0.15) is 11.6 Å². The molecule has 1 atom stereocenters. The molecule has 0 spiro atoms. The minimum Gasteiger partial charge on any atom is -0.322 e. The van der Waals surface area contributed by atoms with E-state index in [9.17, 15) is 4.39 Å². The van der Waals surface area contributed by atoms with Crippen molar-refractivity contribution in [3.8, 4) is 0 Å². The summed E-state index contributed by atoms with van der Waals surface area (Å²) in [4.78, 5) is 4.54. The van der Waals surface area contributed by atoms with E-state index in [1.807, 2.05) is 17.6 Å². The van der Waals surface area contributed by atoms with Gasteiger partial charge in [0.25, 0.3) is 0 Å². The van der Waals surface area contributed by atoms with Crippen LogP contribution in [0.3, 0.4) is 0 Å². The molecular formula is C17H16ClFN2. The molecule has 108 valence electrons. The van der Waals surface area contributed by atoms with Gasteiger partial charge in [-0.3, -0.25) is 0 Å². The van der Waals surface area contributed by atoms with E-state index < -0.39 is 0 Å². The monoisotopic (exact) mass is 302 g/mol. The second-order valence-corrected chi connectivity index (χ2v) is 5.95. The van der Waals surface area contributed by atoms with Crippen LogP contribution < -0.4 is 0 Å². The number of alkyl halides is 1. The van der Waals surface area contributed by atoms with Crippen LogP contribution in [0.4, 0.5) is 4.39 Å². The fourth-order valence-corrected chi connectivity index (χ4v) is 2.74. The van der Waals surface area contributed by atoms with Crippen LogP contribution in [0, 0.1) is 12.7 Å². The van der Waals surface area contributed by atoms with Crippen molar-refractivity contribution < 1.29 is 4.39 Å². The Morgan fingerprint density at radius 1 is 1.24 bits per heavy atom. The maximum absolute atomic E-state index is 13.6. The van der Waals surface area contributed by atoms with Gasteiger partial charge in [-0.15, -0.1) is 11.6 Å². The number of nitrogens with zero attached hydrogens (tertiary/aromatic N) is 2. The average Bonchev–Trinajstić information content (AvgIpc) is 2.77. The molecular weight excluding hydrogens is 287 g/mol. The van der Waals surface area contributed by atoms with Crippen molar-refractivity contribution in [3.63, 3.8) is 0 Å². The summed E-state index contributed by atoms with van der Waals surface area (Å²) in [6.45, 7) is 4.57. The maximum Gasteiger partial charge on any atom is 0.128 e. The summed E-state index contributed by atoms with van der Waals surface area (Å²) >= 11 is 6.24. The Morgan fingerprint density at radius 2 is 2.05 bits per heavy atom. The summed E-state index contributed by atoms with van der Waals surface area (Å²) < 4.78 is 15.5. The van der Waals surface area contributed by atoms with Gasteiger partial charge in [-0.1, -0.05) is 29.8 Å².